The Morgan fingerprint density at radius 2 is 1.57 bits per heavy atom. The number of ether oxygens (including phenoxy) is 1. The molecule has 10 heteroatoms. The lowest BCUT2D eigenvalue weighted by Crippen LogP contribution is -2.52. The zero-order valence-corrected chi connectivity index (χ0v) is 24.5. The van der Waals surface area contributed by atoms with E-state index in [1.165, 1.54) is 49.3 Å². The second kappa shape index (κ2) is 13.0. The van der Waals surface area contributed by atoms with Crippen molar-refractivity contribution in [3.05, 3.63) is 89.2 Å². The number of rotatable bonds is 11. The number of benzene rings is 3. The number of hydrogen-bond acceptors (Lipinski definition) is 5. The summed E-state index contributed by atoms with van der Waals surface area (Å²) >= 11 is 0. The third kappa shape index (κ3) is 7.18. The average molecular weight is 570 g/mol. The highest BCUT2D eigenvalue weighted by molar-refractivity contribution is 7.92. The second-order valence-electron chi connectivity index (χ2n) is 9.95. The molecule has 0 heterocycles. The van der Waals surface area contributed by atoms with Gasteiger partial charge < -0.3 is 15.0 Å². The molecule has 1 atom stereocenters. The lowest BCUT2D eigenvalue weighted by atomic mass is 10.1. The minimum Gasteiger partial charge on any atom is -0.495 e. The number of carbonyl (C=O) groups is 2. The van der Waals surface area contributed by atoms with E-state index in [4.69, 9.17) is 4.74 Å². The first-order valence-electron chi connectivity index (χ1n) is 12.9. The van der Waals surface area contributed by atoms with Gasteiger partial charge in [0.2, 0.25) is 11.8 Å². The van der Waals surface area contributed by atoms with Gasteiger partial charge in [-0.3, -0.25) is 13.9 Å². The third-order valence-electron chi connectivity index (χ3n) is 6.39. The average Bonchev–Trinajstić information content (AvgIpc) is 2.90. The van der Waals surface area contributed by atoms with Crippen LogP contribution in [0.1, 0.15) is 37.5 Å². The first-order valence-corrected chi connectivity index (χ1v) is 14.4. The molecule has 8 nitrogen and oxygen atoms in total. The van der Waals surface area contributed by atoms with Gasteiger partial charge in [-0.1, -0.05) is 42.0 Å². The normalized spacial score (nSPS) is 12.1. The molecule has 3 aromatic carbocycles. The van der Waals surface area contributed by atoms with Gasteiger partial charge in [0.25, 0.3) is 10.0 Å². The van der Waals surface area contributed by atoms with Crippen molar-refractivity contribution in [1.29, 1.82) is 0 Å². The monoisotopic (exact) mass is 569 g/mol. The smallest absolute Gasteiger partial charge is 0.264 e. The van der Waals surface area contributed by atoms with E-state index >= 15 is 0 Å². The molecule has 214 valence electrons. The minimum absolute atomic E-state index is 0.0132. The van der Waals surface area contributed by atoms with Crippen molar-refractivity contribution in [2.24, 2.45) is 0 Å². The predicted molar refractivity (Wildman–Crippen MR) is 153 cm³/mol. The topological polar surface area (TPSA) is 96.0 Å². The van der Waals surface area contributed by atoms with Gasteiger partial charge in [-0.25, -0.2) is 12.8 Å². The molecule has 0 aliphatic rings. The zero-order chi connectivity index (χ0) is 29.6. The Bertz CT molecular complexity index is 1460. The molecule has 3 rings (SSSR count). The summed E-state index contributed by atoms with van der Waals surface area (Å²) in [5.74, 6) is -1.42. The molecule has 0 bridgehead atoms. The second-order valence-corrected chi connectivity index (χ2v) is 11.8. The highest BCUT2D eigenvalue weighted by Crippen LogP contribution is 2.34. The number of nitrogens with one attached hydrogen (secondary N) is 1. The van der Waals surface area contributed by atoms with Crippen LogP contribution in [0.15, 0.2) is 71.6 Å². The first kappa shape index (κ1) is 30.6. The van der Waals surface area contributed by atoms with Gasteiger partial charge in [0.1, 0.15) is 24.2 Å². The van der Waals surface area contributed by atoms with Gasteiger partial charge in [-0.05, 0) is 70.5 Å². The quantitative estimate of drug-likeness (QED) is 0.365. The summed E-state index contributed by atoms with van der Waals surface area (Å²) in [4.78, 5) is 28.1. The van der Waals surface area contributed by atoms with Gasteiger partial charge in [-0.15, -0.1) is 0 Å². The molecule has 1 N–H and O–H groups in total. The van der Waals surface area contributed by atoms with Gasteiger partial charge in [0, 0.05) is 18.2 Å². The Hall–Kier alpha value is -3.92. The summed E-state index contributed by atoms with van der Waals surface area (Å²) in [5.41, 5.74) is 1.98. The van der Waals surface area contributed by atoms with Crippen LogP contribution in [0.3, 0.4) is 0 Å². The highest BCUT2D eigenvalue weighted by atomic mass is 32.2. The molecule has 2 amide bonds. The van der Waals surface area contributed by atoms with Crippen molar-refractivity contribution in [3.8, 4) is 5.75 Å². The molecule has 0 spiro atoms. The Balaban J connectivity index is 2.12. The SMILES string of the molecule is COc1ccc(C)cc1N(CC(=O)N(Cc1ccccc1F)[C@@H](C)C(=O)NC(C)C)S(=O)(=O)c1ccc(C)cc1. The van der Waals surface area contributed by atoms with E-state index in [9.17, 15) is 22.4 Å². The van der Waals surface area contributed by atoms with Crippen LogP contribution in [0.4, 0.5) is 10.1 Å². The number of sulfonamides is 1. The van der Waals surface area contributed by atoms with E-state index in [2.05, 4.69) is 5.32 Å². The van der Waals surface area contributed by atoms with Crippen LogP contribution in [-0.2, 0) is 26.2 Å². The molecular formula is C30H36FN3O5S. The lowest BCUT2D eigenvalue weighted by Gasteiger charge is -2.32. The van der Waals surface area contributed by atoms with Gasteiger partial charge in [-0.2, -0.15) is 0 Å². The molecule has 0 fully saturated rings. The summed E-state index contributed by atoms with van der Waals surface area (Å²) in [7, 11) is -2.85. The molecule has 3 aromatic rings. The molecule has 0 aliphatic heterocycles. The Morgan fingerprint density at radius 1 is 0.950 bits per heavy atom. The van der Waals surface area contributed by atoms with Crippen molar-refractivity contribution in [2.75, 3.05) is 18.0 Å². The Kier molecular flexibility index (Phi) is 9.92. The van der Waals surface area contributed by atoms with Crippen LogP contribution in [0.25, 0.3) is 0 Å². The number of nitrogens with zero attached hydrogens (tertiary/aromatic N) is 2. The summed E-state index contributed by atoms with van der Waals surface area (Å²) in [6.07, 6.45) is 0. The zero-order valence-electron chi connectivity index (χ0n) is 23.6. The van der Waals surface area contributed by atoms with Crippen molar-refractivity contribution in [1.82, 2.24) is 10.2 Å². The number of aryl methyl sites for hydroxylation is 2. The van der Waals surface area contributed by atoms with E-state index in [0.29, 0.717) is 0 Å². The van der Waals surface area contributed by atoms with Crippen molar-refractivity contribution >= 4 is 27.5 Å². The summed E-state index contributed by atoms with van der Waals surface area (Å²) in [5, 5.41) is 2.77. The van der Waals surface area contributed by atoms with E-state index in [1.807, 2.05) is 6.92 Å². The molecule has 0 unspecified atom stereocenters. The molecule has 40 heavy (non-hydrogen) atoms. The largest absolute Gasteiger partial charge is 0.495 e. The maximum absolute atomic E-state index is 14.6. The van der Waals surface area contributed by atoms with Crippen molar-refractivity contribution in [3.63, 3.8) is 0 Å². The predicted octanol–water partition coefficient (Wildman–Crippen LogP) is 4.59. The maximum Gasteiger partial charge on any atom is 0.264 e. The molecule has 0 aromatic heterocycles. The fourth-order valence-electron chi connectivity index (χ4n) is 4.14. The Morgan fingerprint density at radius 3 is 2.17 bits per heavy atom. The van der Waals surface area contributed by atoms with E-state index in [0.717, 1.165) is 15.4 Å². The van der Waals surface area contributed by atoms with Crippen LogP contribution in [0.5, 0.6) is 5.75 Å². The number of methoxy groups -OCH3 is 1. The standard InChI is InChI=1S/C30H36FN3O5S/c1-20(2)32-30(36)23(5)33(18-24-9-7-8-10-26(24)31)29(35)19-34(27-17-22(4)13-16-28(27)39-6)40(37,38)25-14-11-21(3)12-15-25/h7-17,20,23H,18-19H2,1-6H3,(H,32,36)/t23-/m0/s1. The van der Waals surface area contributed by atoms with Crippen LogP contribution in [-0.4, -0.2) is 50.9 Å². The minimum atomic E-state index is -4.26. The third-order valence-corrected chi connectivity index (χ3v) is 8.16. The van der Waals surface area contributed by atoms with Crippen LogP contribution in [0, 0.1) is 19.7 Å². The van der Waals surface area contributed by atoms with Crippen LogP contribution < -0.4 is 14.4 Å². The molecular weight excluding hydrogens is 533 g/mol. The van der Waals surface area contributed by atoms with Crippen molar-refractivity contribution in [2.45, 2.75) is 58.1 Å². The van der Waals surface area contributed by atoms with Crippen LogP contribution in [0.2, 0.25) is 0 Å². The molecule has 0 saturated heterocycles. The first-order chi connectivity index (χ1) is 18.8. The fourth-order valence-corrected chi connectivity index (χ4v) is 5.56. The number of halogens is 1. The molecule has 0 aliphatic carbocycles. The number of carbonyl (C=O) groups excluding carboxylic acids is 2. The van der Waals surface area contributed by atoms with Gasteiger partial charge in [0.15, 0.2) is 0 Å². The van der Waals surface area contributed by atoms with Crippen LogP contribution >= 0.6 is 0 Å². The van der Waals surface area contributed by atoms with E-state index in [1.54, 1.807) is 57.2 Å². The summed E-state index contributed by atoms with van der Waals surface area (Å²) in [6.45, 7) is 7.85. The summed E-state index contributed by atoms with van der Waals surface area (Å²) in [6, 6.07) is 16.0. The number of hydrogen-bond donors (Lipinski definition) is 1. The maximum atomic E-state index is 14.6. The Labute approximate surface area is 235 Å². The fraction of sp³-hybridized carbons (Fsp3) is 0.333. The number of anilines is 1. The lowest BCUT2D eigenvalue weighted by molar-refractivity contribution is -0.139. The highest BCUT2D eigenvalue weighted by Gasteiger charge is 2.34. The van der Waals surface area contributed by atoms with Gasteiger partial charge >= 0.3 is 0 Å². The van der Waals surface area contributed by atoms with Crippen molar-refractivity contribution < 1.29 is 27.1 Å². The van der Waals surface area contributed by atoms with Gasteiger partial charge in [0.05, 0.1) is 17.7 Å². The van der Waals surface area contributed by atoms with E-state index in [-0.39, 0.29) is 34.5 Å². The number of amides is 2. The molecule has 0 saturated carbocycles. The van der Waals surface area contributed by atoms with E-state index < -0.39 is 40.2 Å². The summed E-state index contributed by atoms with van der Waals surface area (Å²) < 4.78 is 49.1. The molecule has 0 radical (unpaired) electrons.